The Morgan fingerprint density at radius 3 is 2.79 bits per heavy atom. The number of carbonyl (C=O) groups excluding carboxylic acids is 1. The molecule has 1 heterocycles. The van der Waals surface area contributed by atoms with E-state index in [1.54, 1.807) is 6.07 Å². The molecule has 1 aliphatic rings. The van der Waals surface area contributed by atoms with E-state index in [1.165, 1.54) is 6.26 Å². The summed E-state index contributed by atoms with van der Waals surface area (Å²) in [5, 5.41) is 7.42. The van der Waals surface area contributed by atoms with Crippen molar-refractivity contribution in [1.82, 2.24) is 0 Å². The molecule has 1 aliphatic carbocycles. The topological polar surface area (TPSA) is 67.5 Å². The van der Waals surface area contributed by atoms with Gasteiger partial charge in [0.05, 0.1) is 6.26 Å². The number of rotatable bonds is 0. The Labute approximate surface area is 80.8 Å². The summed E-state index contributed by atoms with van der Waals surface area (Å²) in [5.41, 5.74) is 0.899. The first-order valence-corrected chi connectivity index (χ1v) is 4.08. The van der Waals surface area contributed by atoms with Crippen molar-refractivity contribution in [3.05, 3.63) is 29.7 Å². The van der Waals surface area contributed by atoms with Gasteiger partial charge in [0.25, 0.3) is 5.97 Å². The second-order valence-corrected chi connectivity index (χ2v) is 2.75. The summed E-state index contributed by atoms with van der Waals surface area (Å²) in [6.07, 6.45) is 5.76. The summed E-state index contributed by atoms with van der Waals surface area (Å²) in [6, 6.07) is 1.79. The minimum absolute atomic E-state index is 0.0718. The van der Waals surface area contributed by atoms with Crippen LogP contribution in [0.5, 0.6) is 0 Å². The fourth-order valence-corrected chi connectivity index (χ4v) is 1.06. The number of furan rings is 1. The van der Waals surface area contributed by atoms with Crippen LogP contribution in [0.1, 0.15) is 29.5 Å². The average Bonchev–Trinajstić information content (AvgIpc) is 2.52. The number of fused-ring (bicyclic) bond motifs is 1. The van der Waals surface area contributed by atoms with E-state index in [0.29, 0.717) is 12.2 Å². The van der Waals surface area contributed by atoms with Gasteiger partial charge in [-0.3, -0.25) is 9.59 Å². The predicted molar refractivity (Wildman–Crippen MR) is 50.0 cm³/mol. The summed E-state index contributed by atoms with van der Waals surface area (Å²) in [7, 11) is 0. The normalized spacial score (nSPS) is 12.8. The molecule has 4 heteroatoms. The smallest absolute Gasteiger partial charge is 0.300 e. The lowest BCUT2D eigenvalue weighted by molar-refractivity contribution is -0.134. The first-order chi connectivity index (χ1) is 6.61. The average molecular weight is 194 g/mol. The van der Waals surface area contributed by atoms with Gasteiger partial charge in [-0.2, -0.15) is 0 Å². The molecule has 0 amide bonds. The van der Waals surface area contributed by atoms with Gasteiger partial charge in [0, 0.05) is 18.9 Å². The Kier molecular flexibility index (Phi) is 3.23. The van der Waals surface area contributed by atoms with Crippen LogP contribution in [0.15, 0.2) is 22.8 Å². The second-order valence-electron chi connectivity index (χ2n) is 2.75. The van der Waals surface area contributed by atoms with Crippen LogP contribution < -0.4 is 0 Å². The van der Waals surface area contributed by atoms with E-state index in [0.717, 1.165) is 12.5 Å². The number of allylic oxidation sites excluding steroid dienone is 1. The molecule has 1 aromatic rings. The van der Waals surface area contributed by atoms with Crippen LogP contribution in [0.25, 0.3) is 6.08 Å². The fraction of sp³-hybridized carbons (Fsp3) is 0.200. The highest BCUT2D eigenvalue weighted by Crippen LogP contribution is 2.19. The zero-order valence-electron chi connectivity index (χ0n) is 7.69. The lowest BCUT2D eigenvalue weighted by Gasteiger charge is -1.99. The number of ketones is 1. The molecule has 0 atom stereocenters. The summed E-state index contributed by atoms with van der Waals surface area (Å²) in [5.74, 6) is -0.259. The van der Waals surface area contributed by atoms with Crippen molar-refractivity contribution in [2.24, 2.45) is 0 Å². The van der Waals surface area contributed by atoms with Crippen LogP contribution >= 0.6 is 0 Å². The number of carbonyl (C=O) groups is 2. The van der Waals surface area contributed by atoms with Crippen molar-refractivity contribution < 1.29 is 19.1 Å². The number of carboxylic acid groups (broad SMARTS) is 1. The van der Waals surface area contributed by atoms with Gasteiger partial charge < -0.3 is 9.52 Å². The third kappa shape index (κ3) is 2.58. The Morgan fingerprint density at radius 1 is 1.57 bits per heavy atom. The molecule has 0 fully saturated rings. The maximum absolute atomic E-state index is 11.0. The van der Waals surface area contributed by atoms with Crippen molar-refractivity contribution >= 4 is 17.8 Å². The maximum atomic E-state index is 11.0. The number of carboxylic acids is 1. The number of hydrogen-bond donors (Lipinski definition) is 1. The van der Waals surface area contributed by atoms with E-state index in [1.807, 2.05) is 12.2 Å². The second kappa shape index (κ2) is 4.41. The Bertz CT molecular complexity index is 369. The molecule has 0 spiro atoms. The molecule has 0 aliphatic heterocycles. The quantitative estimate of drug-likeness (QED) is 0.685. The van der Waals surface area contributed by atoms with Gasteiger partial charge in [-0.15, -0.1) is 0 Å². The number of hydrogen-bond acceptors (Lipinski definition) is 3. The summed E-state index contributed by atoms with van der Waals surface area (Å²) in [4.78, 5) is 20.0. The third-order valence-corrected chi connectivity index (χ3v) is 1.55. The minimum atomic E-state index is -0.833. The number of aliphatic carboxylic acids is 1. The zero-order chi connectivity index (χ0) is 10.6. The van der Waals surface area contributed by atoms with Crippen LogP contribution in [0, 0.1) is 0 Å². The first kappa shape index (κ1) is 10.2. The van der Waals surface area contributed by atoms with Crippen LogP contribution in [0.4, 0.5) is 0 Å². The highest BCUT2D eigenvalue weighted by atomic mass is 16.4. The number of Topliss-reactive ketones (excluding diaryl/α,β-unsaturated/α-hetero) is 1. The van der Waals surface area contributed by atoms with Crippen LogP contribution in [0.3, 0.4) is 0 Å². The van der Waals surface area contributed by atoms with Crippen molar-refractivity contribution in [3.63, 3.8) is 0 Å². The third-order valence-electron chi connectivity index (χ3n) is 1.55. The molecule has 0 saturated carbocycles. The molecule has 0 radical (unpaired) electrons. The van der Waals surface area contributed by atoms with E-state index < -0.39 is 5.97 Å². The SMILES string of the molecule is CC(=O)O.O=C1CC=Cc2ccoc21. The molecule has 1 N–H and O–H groups in total. The fourth-order valence-electron chi connectivity index (χ4n) is 1.06. The van der Waals surface area contributed by atoms with E-state index in [4.69, 9.17) is 14.3 Å². The van der Waals surface area contributed by atoms with Crippen molar-refractivity contribution in [3.8, 4) is 0 Å². The molecular formula is C10H10O4. The van der Waals surface area contributed by atoms with Crippen molar-refractivity contribution in [2.45, 2.75) is 13.3 Å². The highest BCUT2D eigenvalue weighted by molar-refractivity contribution is 6.00. The molecule has 0 unspecified atom stereocenters. The molecule has 2 rings (SSSR count). The Balaban J connectivity index is 0.000000213. The lowest BCUT2D eigenvalue weighted by atomic mass is 10.1. The molecule has 0 saturated heterocycles. The van der Waals surface area contributed by atoms with Crippen molar-refractivity contribution in [2.75, 3.05) is 0 Å². The van der Waals surface area contributed by atoms with Crippen LogP contribution in [-0.4, -0.2) is 16.9 Å². The highest BCUT2D eigenvalue weighted by Gasteiger charge is 2.15. The first-order valence-electron chi connectivity index (χ1n) is 4.08. The molecule has 1 aromatic heterocycles. The van der Waals surface area contributed by atoms with E-state index in [9.17, 15) is 4.79 Å². The Morgan fingerprint density at radius 2 is 2.21 bits per heavy atom. The molecule has 74 valence electrons. The van der Waals surface area contributed by atoms with Crippen LogP contribution in [0.2, 0.25) is 0 Å². The van der Waals surface area contributed by atoms with Gasteiger partial charge in [-0.05, 0) is 6.07 Å². The summed E-state index contributed by atoms with van der Waals surface area (Å²) in [6.45, 7) is 1.08. The standard InChI is InChI=1S/C8H6O2.C2H4O2/c9-7-3-1-2-6-4-5-10-8(6)7;1-2(3)4/h1-2,4-5H,3H2;1H3,(H,3,4). The van der Waals surface area contributed by atoms with Gasteiger partial charge in [0.15, 0.2) is 5.76 Å². The van der Waals surface area contributed by atoms with E-state index in [-0.39, 0.29) is 5.78 Å². The molecule has 0 bridgehead atoms. The Hall–Kier alpha value is -1.84. The zero-order valence-corrected chi connectivity index (χ0v) is 7.69. The molecule has 0 aromatic carbocycles. The molecule has 14 heavy (non-hydrogen) atoms. The van der Waals surface area contributed by atoms with Gasteiger partial charge in [-0.1, -0.05) is 12.2 Å². The molecule has 4 nitrogen and oxygen atoms in total. The monoisotopic (exact) mass is 194 g/mol. The van der Waals surface area contributed by atoms with Crippen molar-refractivity contribution in [1.29, 1.82) is 0 Å². The molecular weight excluding hydrogens is 184 g/mol. The van der Waals surface area contributed by atoms with E-state index >= 15 is 0 Å². The van der Waals surface area contributed by atoms with Crippen LogP contribution in [-0.2, 0) is 4.79 Å². The summed E-state index contributed by atoms with van der Waals surface area (Å²) >= 11 is 0. The van der Waals surface area contributed by atoms with Gasteiger partial charge in [-0.25, -0.2) is 0 Å². The van der Waals surface area contributed by atoms with Gasteiger partial charge >= 0.3 is 0 Å². The minimum Gasteiger partial charge on any atom is -0.481 e. The largest absolute Gasteiger partial charge is 0.481 e. The lowest BCUT2D eigenvalue weighted by Crippen LogP contribution is -2.00. The predicted octanol–water partition coefficient (Wildman–Crippen LogP) is 1.97. The van der Waals surface area contributed by atoms with Gasteiger partial charge in [0.1, 0.15) is 0 Å². The van der Waals surface area contributed by atoms with Gasteiger partial charge in [0.2, 0.25) is 5.78 Å². The summed E-state index contributed by atoms with van der Waals surface area (Å²) < 4.78 is 4.97. The van der Waals surface area contributed by atoms with E-state index in [2.05, 4.69) is 0 Å². The maximum Gasteiger partial charge on any atom is 0.300 e.